The Morgan fingerprint density at radius 3 is 2.32 bits per heavy atom. The van der Waals surface area contributed by atoms with E-state index in [0.717, 1.165) is 11.1 Å². The summed E-state index contributed by atoms with van der Waals surface area (Å²) < 4.78 is 10.3. The number of benzene rings is 2. The highest BCUT2D eigenvalue weighted by atomic mass is 16.5. The molecule has 158 valence electrons. The minimum absolute atomic E-state index is 0.0311. The van der Waals surface area contributed by atoms with Gasteiger partial charge in [0, 0.05) is 11.6 Å². The topological polar surface area (TPSA) is 80.9 Å². The van der Waals surface area contributed by atoms with Gasteiger partial charge in [-0.1, -0.05) is 32.9 Å². The molecule has 0 bridgehead atoms. The molecule has 1 N–H and O–H groups in total. The Morgan fingerprint density at radius 1 is 1.00 bits per heavy atom. The maximum atomic E-state index is 12.2. The molecule has 0 radical (unpaired) electrons. The van der Waals surface area contributed by atoms with Crippen molar-refractivity contribution in [3.63, 3.8) is 0 Å². The molecule has 1 amide bonds. The molecule has 0 spiro atoms. The highest BCUT2D eigenvalue weighted by molar-refractivity contribution is 5.95. The Morgan fingerprint density at radius 2 is 1.71 bits per heavy atom. The fourth-order valence-corrected chi connectivity index (χ4v) is 2.66. The van der Waals surface area contributed by atoms with E-state index in [1.54, 1.807) is 48.5 Å². The van der Waals surface area contributed by atoms with Gasteiger partial charge in [-0.25, -0.2) is 10.2 Å². The molecule has 0 atom stereocenters. The number of ether oxygens (including phenoxy) is 1. The van der Waals surface area contributed by atoms with Crippen LogP contribution in [0.2, 0.25) is 0 Å². The number of nitrogens with one attached hydrogen (secondary N) is 1. The van der Waals surface area contributed by atoms with Gasteiger partial charge in [-0.2, -0.15) is 5.10 Å². The van der Waals surface area contributed by atoms with Crippen LogP contribution in [0.3, 0.4) is 0 Å². The summed E-state index contributed by atoms with van der Waals surface area (Å²) in [7, 11) is 0. The van der Waals surface area contributed by atoms with Crippen molar-refractivity contribution in [3.8, 4) is 5.75 Å². The average molecular weight is 416 g/mol. The third kappa shape index (κ3) is 6.54. The van der Waals surface area contributed by atoms with E-state index < -0.39 is 5.97 Å². The van der Waals surface area contributed by atoms with Crippen LogP contribution in [0.25, 0.3) is 6.08 Å². The molecular weight excluding hydrogens is 392 g/mol. The highest BCUT2D eigenvalue weighted by Crippen LogP contribution is 2.22. The molecule has 3 rings (SSSR count). The lowest BCUT2D eigenvalue weighted by Crippen LogP contribution is -2.18. The molecule has 0 aliphatic heterocycles. The zero-order valence-electron chi connectivity index (χ0n) is 17.7. The van der Waals surface area contributed by atoms with Crippen molar-refractivity contribution in [1.29, 1.82) is 0 Å². The second kappa shape index (κ2) is 9.71. The number of rotatable bonds is 6. The van der Waals surface area contributed by atoms with Gasteiger partial charge in [-0.15, -0.1) is 0 Å². The van der Waals surface area contributed by atoms with E-state index in [9.17, 15) is 9.59 Å². The lowest BCUT2D eigenvalue weighted by Gasteiger charge is -2.18. The van der Waals surface area contributed by atoms with Crippen molar-refractivity contribution in [2.45, 2.75) is 26.2 Å². The molecule has 3 aromatic rings. The number of carbonyl (C=O) groups is 2. The van der Waals surface area contributed by atoms with Gasteiger partial charge < -0.3 is 9.15 Å². The summed E-state index contributed by atoms with van der Waals surface area (Å²) in [4.78, 5) is 24.0. The summed E-state index contributed by atoms with van der Waals surface area (Å²) in [5.74, 6) is 0.165. The van der Waals surface area contributed by atoms with Crippen molar-refractivity contribution in [1.82, 2.24) is 5.43 Å². The molecule has 0 aliphatic rings. The van der Waals surface area contributed by atoms with Crippen LogP contribution >= 0.6 is 0 Å². The Bertz CT molecular complexity index is 1070. The molecule has 0 aliphatic carbocycles. The van der Waals surface area contributed by atoms with Gasteiger partial charge in [0.2, 0.25) is 0 Å². The molecule has 0 saturated heterocycles. The zero-order valence-corrected chi connectivity index (χ0v) is 17.7. The van der Waals surface area contributed by atoms with E-state index >= 15 is 0 Å². The third-order valence-corrected chi connectivity index (χ3v) is 4.42. The summed E-state index contributed by atoms with van der Waals surface area (Å²) in [6.45, 7) is 6.36. The molecule has 6 nitrogen and oxygen atoms in total. The Kier molecular flexibility index (Phi) is 6.82. The first-order valence-corrected chi connectivity index (χ1v) is 9.79. The number of furan rings is 1. The maximum Gasteiger partial charge on any atom is 0.336 e. The van der Waals surface area contributed by atoms with Crippen molar-refractivity contribution < 1.29 is 18.7 Å². The van der Waals surface area contributed by atoms with Crippen molar-refractivity contribution in [2.24, 2.45) is 5.10 Å². The largest absolute Gasteiger partial charge is 0.465 e. The standard InChI is InChI=1S/C25H24N2O4/c1-25(2,3)20-10-8-19(9-11-20)24(29)27-26-17-18-6-12-22(13-7-18)31-23(28)15-14-21-5-4-16-30-21/h4-17H,1-3H3,(H,27,29)/b15-14+,26-17-. The predicted octanol–water partition coefficient (Wildman–Crippen LogP) is 4.96. The number of hydrogen-bond acceptors (Lipinski definition) is 5. The second-order valence-corrected chi connectivity index (χ2v) is 7.87. The quantitative estimate of drug-likeness (QED) is 0.202. The van der Waals surface area contributed by atoms with Crippen LogP contribution < -0.4 is 10.2 Å². The van der Waals surface area contributed by atoms with Gasteiger partial charge in [-0.05, 0) is 71.1 Å². The molecule has 6 heteroatoms. The molecule has 2 aromatic carbocycles. The first-order valence-electron chi connectivity index (χ1n) is 9.79. The third-order valence-electron chi connectivity index (χ3n) is 4.42. The summed E-state index contributed by atoms with van der Waals surface area (Å²) >= 11 is 0. The SMILES string of the molecule is CC(C)(C)c1ccc(C(=O)N/N=C\c2ccc(OC(=O)/C=C/c3ccco3)cc2)cc1. The monoisotopic (exact) mass is 416 g/mol. The molecular formula is C25H24N2O4. The van der Waals surface area contributed by atoms with E-state index in [1.165, 1.54) is 24.6 Å². The number of hydrazone groups is 1. The predicted molar refractivity (Wildman–Crippen MR) is 120 cm³/mol. The molecule has 1 heterocycles. The Hall–Kier alpha value is -3.93. The first kappa shape index (κ1) is 21.8. The Balaban J connectivity index is 1.51. The van der Waals surface area contributed by atoms with Crippen molar-refractivity contribution in [3.05, 3.63) is 95.5 Å². The summed E-state index contributed by atoms with van der Waals surface area (Å²) in [5, 5.41) is 3.98. The molecule has 31 heavy (non-hydrogen) atoms. The molecule has 0 saturated carbocycles. The molecule has 0 fully saturated rings. The van der Waals surface area contributed by atoms with Gasteiger partial charge >= 0.3 is 5.97 Å². The summed E-state index contributed by atoms with van der Waals surface area (Å²) in [6.07, 6.45) is 5.86. The number of carbonyl (C=O) groups excluding carboxylic acids is 2. The van der Waals surface area contributed by atoms with Crippen molar-refractivity contribution >= 4 is 24.2 Å². The van der Waals surface area contributed by atoms with Gasteiger partial charge in [0.05, 0.1) is 12.5 Å². The number of hydrogen-bond donors (Lipinski definition) is 1. The van der Waals surface area contributed by atoms with Gasteiger partial charge in [-0.3, -0.25) is 4.79 Å². The van der Waals surface area contributed by atoms with E-state index in [0.29, 0.717) is 17.1 Å². The molecule has 1 aromatic heterocycles. The van der Waals surface area contributed by atoms with E-state index in [4.69, 9.17) is 9.15 Å². The van der Waals surface area contributed by atoms with E-state index in [-0.39, 0.29) is 11.3 Å². The maximum absolute atomic E-state index is 12.2. The zero-order chi connectivity index (χ0) is 22.3. The fourth-order valence-electron chi connectivity index (χ4n) is 2.66. The normalized spacial score (nSPS) is 11.7. The van der Waals surface area contributed by atoms with Gasteiger partial charge in [0.15, 0.2) is 0 Å². The van der Waals surface area contributed by atoms with Crippen LogP contribution in [-0.2, 0) is 10.2 Å². The number of nitrogens with zero attached hydrogens (tertiary/aromatic N) is 1. The average Bonchev–Trinajstić information content (AvgIpc) is 3.27. The Labute approximate surface area is 181 Å². The first-order chi connectivity index (χ1) is 14.8. The minimum atomic E-state index is -0.512. The molecule has 0 unspecified atom stereocenters. The minimum Gasteiger partial charge on any atom is -0.465 e. The summed E-state index contributed by atoms with van der Waals surface area (Å²) in [6, 6.07) is 17.7. The smallest absolute Gasteiger partial charge is 0.336 e. The van der Waals surface area contributed by atoms with Crippen LogP contribution in [0, 0.1) is 0 Å². The van der Waals surface area contributed by atoms with Crippen LogP contribution in [0.4, 0.5) is 0 Å². The lowest BCUT2D eigenvalue weighted by atomic mass is 9.87. The van der Waals surface area contributed by atoms with Crippen LogP contribution in [-0.4, -0.2) is 18.1 Å². The lowest BCUT2D eigenvalue weighted by molar-refractivity contribution is -0.128. The van der Waals surface area contributed by atoms with Crippen molar-refractivity contribution in [2.75, 3.05) is 0 Å². The number of esters is 1. The second-order valence-electron chi connectivity index (χ2n) is 7.87. The number of amides is 1. The van der Waals surface area contributed by atoms with Crippen LogP contribution in [0.5, 0.6) is 5.75 Å². The highest BCUT2D eigenvalue weighted by Gasteiger charge is 2.14. The van der Waals surface area contributed by atoms with Crippen LogP contribution in [0.1, 0.15) is 48.0 Å². The van der Waals surface area contributed by atoms with E-state index in [2.05, 4.69) is 31.3 Å². The summed E-state index contributed by atoms with van der Waals surface area (Å²) in [5.41, 5.74) is 4.98. The van der Waals surface area contributed by atoms with Gasteiger partial charge in [0.1, 0.15) is 11.5 Å². The van der Waals surface area contributed by atoms with E-state index in [1.807, 2.05) is 12.1 Å². The fraction of sp³-hybridized carbons (Fsp3) is 0.160. The van der Waals surface area contributed by atoms with Gasteiger partial charge in [0.25, 0.3) is 5.91 Å². The van der Waals surface area contributed by atoms with Crippen LogP contribution in [0.15, 0.2) is 82.5 Å².